The normalized spacial score (nSPS) is 15.0. The Balaban J connectivity index is 0.00000106. The average Bonchev–Trinajstić information content (AvgIpc) is 3.20. The SMILES string of the molecule is C1CCNC1.CCCCCCC(O)CC=CCCCCCCCC(N)=O. The Morgan fingerprint density at radius 3 is 2.27 bits per heavy atom. The fraction of sp³-hybridized carbons (Fsp3) is 0.864. The molecule has 4 nitrogen and oxygen atoms in total. The number of amides is 1. The van der Waals surface area contributed by atoms with Gasteiger partial charge in [-0.15, -0.1) is 0 Å². The van der Waals surface area contributed by atoms with Gasteiger partial charge in [-0.2, -0.15) is 0 Å². The van der Waals surface area contributed by atoms with Crippen molar-refractivity contribution >= 4 is 5.91 Å². The number of carbonyl (C=O) groups excluding carboxylic acids is 1. The summed E-state index contributed by atoms with van der Waals surface area (Å²) in [5.74, 6) is -0.189. The van der Waals surface area contributed by atoms with Crippen LogP contribution in [0.1, 0.15) is 103 Å². The summed E-state index contributed by atoms with van der Waals surface area (Å²) < 4.78 is 0. The summed E-state index contributed by atoms with van der Waals surface area (Å²) in [4.78, 5) is 10.6. The largest absolute Gasteiger partial charge is 0.393 e. The number of nitrogens with two attached hydrogens (primary N) is 1. The lowest BCUT2D eigenvalue weighted by molar-refractivity contribution is -0.118. The van der Waals surface area contributed by atoms with E-state index in [0.717, 1.165) is 38.5 Å². The smallest absolute Gasteiger partial charge is 0.217 e. The molecule has 0 aromatic heterocycles. The van der Waals surface area contributed by atoms with E-state index in [-0.39, 0.29) is 12.0 Å². The van der Waals surface area contributed by atoms with E-state index in [2.05, 4.69) is 24.4 Å². The maximum absolute atomic E-state index is 10.6. The van der Waals surface area contributed by atoms with Crippen LogP contribution in [0, 0.1) is 0 Å². The molecule has 0 radical (unpaired) electrons. The summed E-state index contributed by atoms with van der Waals surface area (Å²) in [6, 6.07) is 0. The summed E-state index contributed by atoms with van der Waals surface area (Å²) in [6.45, 7) is 4.71. The van der Waals surface area contributed by atoms with Crippen LogP contribution in [0.5, 0.6) is 0 Å². The van der Waals surface area contributed by atoms with E-state index in [1.54, 1.807) is 0 Å². The summed E-state index contributed by atoms with van der Waals surface area (Å²) in [6.07, 6.45) is 20.8. The predicted octanol–water partition coefficient (Wildman–Crippen LogP) is 4.85. The first-order chi connectivity index (χ1) is 12.7. The third-order valence-corrected chi connectivity index (χ3v) is 4.72. The topological polar surface area (TPSA) is 75.3 Å². The predicted molar refractivity (Wildman–Crippen MR) is 112 cm³/mol. The van der Waals surface area contributed by atoms with Gasteiger partial charge in [0, 0.05) is 6.42 Å². The summed E-state index contributed by atoms with van der Waals surface area (Å²) in [5.41, 5.74) is 5.09. The first kappa shape index (κ1) is 25.1. The summed E-state index contributed by atoms with van der Waals surface area (Å²) in [5, 5.41) is 13.0. The van der Waals surface area contributed by atoms with E-state index in [1.165, 1.54) is 64.5 Å². The Bertz CT molecular complexity index is 320. The highest BCUT2D eigenvalue weighted by molar-refractivity contribution is 5.73. The Hall–Kier alpha value is -0.870. The Morgan fingerprint density at radius 2 is 1.65 bits per heavy atom. The number of carbonyl (C=O) groups is 1. The highest BCUT2D eigenvalue weighted by Crippen LogP contribution is 2.10. The minimum Gasteiger partial charge on any atom is -0.393 e. The summed E-state index contributed by atoms with van der Waals surface area (Å²) in [7, 11) is 0. The zero-order valence-corrected chi connectivity index (χ0v) is 17.2. The van der Waals surface area contributed by atoms with E-state index in [9.17, 15) is 9.90 Å². The highest BCUT2D eigenvalue weighted by atomic mass is 16.3. The van der Waals surface area contributed by atoms with Crippen LogP contribution in [0.3, 0.4) is 0 Å². The number of aliphatic hydroxyl groups excluding tert-OH is 1. The van der Waals surface area contributed by atoms with Crippen molar-refractivity contribution in [2.45, 2.75) is 109 Å². The maximum Gasteiger partial charge on any atom is 0.217 e. The van der Waals surface area contributed by atoms with Gasteiger partial charge in [-0.3, -0.25) is 4.79 Å². The molecule has 1 rings (SSSR count). The molecule has 4 N–H and O–H groups in total. The molecule has 4 heteroatoms. The highest BCUT2D eigenvalue weighted by Gasteiger charge is 2.00. The molecule has 1 saturated heterocycles. The molecule has 1 heterocycles. The number of aliphatic hydroxyl groups is 1. The quantitative estimate of drug-likeness (QED) is 0.286. The second-order valence-corrected chi connectivity index (χ2v) is 7.44. The molecule has 0 bridgehead atoms. The number of nitrogens with one attached hydrogen (secondary N) is 1. The molecule has 1 aliphatic heterocycles. The molecule has 0 aliphatic carbocycles. The van der Waals surface area contributed by atoms with Gasteiger partial charge in [0.05, 0.1) is 6.10 Å². The van der Waals surface area contributed by atoms with Crippen LogP contribution in [0.15, 0.2) is 12.2 Å². The lowest BCUT2D eigenvalue weighted by Gasteiger charge is -2.07. The van der Waals surface area contributed by atoms with Crippen LogP contribution < -0.4 is 11.1 Å². The van der Waals surface area contributed by atoms with Gasteiger partial charge in [0.2, 0.25) is 5.91 Å². The van der Waals surface area contributed by atoms with Crippen LogP contribution in [-0.4, -0.2) is 30.2 Å². The molecule has 1 amide bonds. The van der Waals surface area contributed by atoms with Crippen molar-refractivity contribution in [1.82, 2.24) is 5.32 Å². The molecule has 154 valence electrons. The Morgan fingerprint density at radius 1 is 1.00 bits per heavy atom. The second kappa shape index (κ2) is 20.4. The molecule has 0 aromatic carbocycles. The monoisotopic (exact) mass is 368 g/mol. The lowest BCUT2D eigenvalue weighted by Crippen LogP contribution is -2.09. The van der Waals surface area contributed by atoms with Gasteiger partial charge in [0.25, 0.3) is 0 Å². The molecular formula is C22H44N2O2. The Kier molecular flexibility index (Phi) is 19.8. The van der Waals surface area contributed by atoms with Gasteiger partial charge in [0.1, 0.15) is 0 Å². The summed E-state index contributed by atoms with van der Waals surface area (Å²) >= 11 is 0. The third-order valence-electron chi connectivity index (χ3n) is 4.72. The van der Waals surface area contributed by atoms with Crippen LogP contribution in [0.25, 0.3) is 0 Å². The first-order valence-electron chi connectivity index (χ1n) is 11.0. The van der Waals surface area contributed by atoms with Crippen LogP contribution in [0.4, 0.5) is 0 Å². The van der Waals surface area contributed by atoms with E-state index in [4.69, 9.17) is 5.73 Å². The van der Waals surface area contributed by atoms with Gasteiger partial charge < -0.3 is 16.2 Å². The zero-order valence-electron chi connectivity index (χ0n) is 17.2. The number of allylic oxidation sites excluding steroid dienone is 1. The average molecular weight is 369 g/mol. The molecular weight excluding hydrogens is 324 g/mol. The minimum absolute atomic E-state index is 0.160. The second-order valence-electron chi connectivity index (χ2n) is 7.44. The maximum atomic E-state index is 10.6. The van der Waals surface area contributed by atoms with Gasteiger partial charge in [-0.05, 0) is 58.0 Å². The minimum atomic E-state index is -0.189. The van der Waals surface area contributed by atoms with E-state index in [0.29, 0.717) is 6.42 Å². The fourth-order valence-corrected chi connectivity index (χ4v) is 3.01. The standard InChI is InChI=1S/C18H35NO2.C4H9N/c1-2-3-4-11-14-17(20)15-12-9-7-5-6-8-10-13-16-18(19)21;1-2-4-5-3-1/h9,12,17,20H,2-8,10-11,13-16H2,1H3,(H2,19,21);5H,1-4H2. The fourth-order valence-electron chi connectivity index (χ4n) is 3.01. The lowest BCUT2D eigenvalue weighted by atomic mass is 10.1. The number of unbranched alkanes of at least 4 members (excludes halogenated alkanes) is 8. The van der Waals surface area contributed by atoms with Gasteiger partial charge >= 0.3 is 0 Å². The van der Waals surface area contributed by atoms with Crippen molar-refractivity contribution in [3.8, 4) is 0 Å². The number of hydrogen-bond donors (Lipinski definition) is 3. The molecule has 0 aromatic rings. The zero-order chi connectivity index (χ0) is 19.3. The first-order valence-corrected chi connectivity index (χ1v) is 11.0. The third kappa shape index (κ3) is 21.2. The Labute approximate surface area is 162 Å². The number of rotatable bonds is 15. The molecule has 26 heavy (non-hydrogen) atoms. The van der Waals surface area contributed by atoms with Crippen LogP contribution in [0.2, 0.25) is 0 Å². The van der Waals surface area contributed by atoms with Crippen LogP contribution >= 0.6 is 0 Å². The van der Waals surface area contributed by atoms with Crippen LogP contribution in [-0.2, 0) is 4.79 Å². The van der Waals surface area contributed by atoms with Gasteiger partial charge in [-0.1, -0.05) is 64.0 Å². The van der Waals surface area contributed by atoms with E-state index in [1.807, 2.05) is 0 Å². The molecule has 1 aliphatic rings. The van der Waals surface area contributed by atoms with E-state index < -0.39 is 0 Å². The molecule has 1 unspecified atom stereocenters. The molecule has 1 fully saturated rings. The van der Waals surface area contributed by atoms with Crippen molar-refractivity contribution in [2.24, 2.45) is 5.73 Å². The molecule has 0 spiro atoms. The van der Waals surface area contributed by atoms with Gasteiger partial charge in [0.15, 0.2) is 0 Å². The van der Waals surface area contributed by atoms with Crippen molar-refractivity contribution < 1.29 is 9.90 Å². The molecule has 0 saturated carbocycles. The van der Waals surface area contributed by atoms with Crippen molar-refractivity contribution in [2.75, 3.05) is 13.1 Å². The van der Waals surface area contributed by atoms with Crippen molar-refractivity contribution in [1.29, 1.82) is 0 Å². The molecule has 1 atom stereocenters. The van der Waals surface area contributed by atoms with Gasteiger partial charge in [-0.25, -0.2) is 0 Å². The number of primary amides is 1. The number of hydrogen-bond acceptors (Lipinski definition) is 3. The van der Waals surface area contributed by atoms with E-state index >= 15 is 0 Å². The van der Waals surface area contributed by atoms with Crippen molar-refractivity contribution in [3.63, 3.8) is 0 Å². The van der Waals surface area contributed by atoms with Crippen molar-refractivity contribution in [3.05, 3.63) is 12.2 Å².